The van der Waals surface area contributed by atoms with Gasteiger partial charge in [-0.05, 0) is 31.0 Å². The molecule has 0 saturated heterocycles. The zero-order valence-electron chi connectivity index (χ0n) is 16.9. The molecule has 0 spiro atoms. The topological polar surface area (TPSA) is 55.1 Å². The molecule has 0 unspecified atom stereocenters. The van der Waals surface area contributed by atoms with Crippen LogP contribution in [0.5, 0.6) is 0 Å². The van der Waals surface area contributed by atoms with E-state index in [-0.39, 0.29) is 5.75 Å². The van der Waals surface area contributed by atoms with E-state index in [4.69, 9.17) is 4.98 Å². The lowest BCUT2D eigenvalue weighted by molar-refractivity contribution is -0.133. The van der Waals surface area contributed by atoms with Crippen molar-refractivity contribution in [1.82, 2.24) is 9.55 Å². The van der Waals surface area contributed by atoms with Crippen LogP contribution in [0.15, 0.2) is 84.0 Å². The van der Waals surface area contributed by atoms with E-state index in [1.165, 1.54) is 11.8 Å². The monoisotopic (exact) mass is 414 g/mol. The third kappa shape index (κ3) is 4.02. The van der Waals surface area contributed by atoms with Gasteiger partial charge in [0.2, 0.25) is 0 Å². The van der Waals surface area contributed by atoms with Gasteiger partial charge < -0.3 is 5.11 Å². The highest BCUT2D eigenvalue weighted by Crippen LogP contribution is 2.39. The van der Waals surface area contributed by atoms with Crippen molar-refractivity contribution in [1.29, 1.82) is 0 Å². The van der Waals surface area contributed by atoms with Gasteiger partial charge in [0.15, 0.2) is 5.16 Å². The predicted molar refractivity (Wildman–Crippen MR) is 122 cm³/mol. The Morgan fingerprint density at radius 1 is 0.933 bits per heavy atom. The molecule has 150 valence electrons. The number of imidazole rings is 1. The van der Waals surface area contributed by atoms with Crippen LogP contribution in [0.4, 0.5) is 0 Å². The van der Waals surface area contributed by atoms with Crippen LogP contribution in [0, 0.1) is 13.8 Å². The Hall–Kier alpha value is -3.31. The van der Waals surface area contributed by atoms with E-state index in [9.17, 15) is 9.90 Å². The quantitative estimate of drug-likeness (QED) is 0.393. The molecule has 0 aliphatic carbocycles. The first-order valence-electron chi connectivity index (χ1n) is 9.70. The van der Waals surface area contributed by atoms with Gasteiger partial charge in [-0.3, -0.25) is 9.36 Å². The minimum Gasteiger partial charge on any atom is -0.481 e. The van der Waals surface area contributed by atoms with Crippen molar-refractivity contribution < 1.29 is 9.90 Å². The van der Waals surface area contributed by atoms with E-state index in [1.54, 1.807) is 0 Å². The lowest BCUT2D eigenvalue weighted by Crippen LogP contribution is -2.05. The normalized spacial score (nSPS) is 10.9. The SMILES string of the molecule is Cc1ccc(C)c(-n2c(SCC(=O)O)nc(-c3ccccc3)c2-c2ccccc2)c1. The van der Waals surface area contributed by atoms with Crippen LogP contribution < -0.4 is 0 Å². The molecule has 1 aromatic heterocycles. The molecule has 0 aliphatic rings. The number of hydrogen-bond donors (Lipinski definition) is 1. The van der Waals surface area contributed by atoms with Crippen molar-refractivity contribution >= 4 is 17.7 Å². The zero-order chi connectivity index (χ0) is 21.1. The number of carboxylic acid groups (broad SMARTS) is 1. The van der Waals surface area contributed by atoms with Crippen LogP contribution in [0.25, 0.3) is 28.2 Å². The first-order chi connectivity index (χ1) is 14.5. The highest BCUT2D eigenvalue weighted by molar-refractivity contribution is 7.99. The van der Waals surface area contributed by atoms with E-state index >= 15 is 0 Å². The Labute approximate surface area is 180 Å². The van der Waals surface area contributed by atoms with Gasteiger partial charge in [-0.1, -0.05) is 84.6 Å². The molecule has 4 rings (SSSR count). The van der Waals surface area contributed by atoms with Crippen molar-refractivity contribution in [2.45, 2.75) is 19.0 Å². The maximum Gasteiger partial charge on any atom is 0.313 e. The molecule has 0 aliphatic heterocycles. The van der Waals surface area contributed by atoms with Crippen LogP contribution in [0.1, 0.15) is 11.1 Å². The number of aromatic nitrogens is 2. The number of thioether (sulfide) groups is 1. The van der Waals surface area contributed by atoms with Gasteiger partial charge in [-0.15, -0.1) is 0 Å². The highest BCUT2D eigenvalue weighted by Gasteiger charge is 2.23. The first-order valence-corrected chi connectivity index (χ1v) is 10.7. The van der Waals surface area contributed by atoms with Crippen LogP contribution in [0.2, 0.25) is 0 Å². The third-order valence-electron chi connectivity index (χ3n) is 4.87. The molecule has 0 bridgehead atoms. The van der Waals surface area contributed by atoms with Gasteiger partial charge >= 0.3 is 5.97 Å². The summed E-state index contributed by atoms with van der Waals surface area (Å²) >= 11 is 1.24. The molecule has 0 fully saturated rings. The number of aryl methyl sites for hydroxylation is 2. The average Bonchev–Trinajstić information content (AvgIpc) is 3.14. The highest BCUT2D eigenvalue weighted by atomic mass is 32.2. The van der Waals surface area contributed by atoms with Crippen LogP contribution in [-0.4, -0.2) is 26.4 Å². The summed E-state index contributed by atoms with van der Waals surface area (Å²) in [7, 11) is 0. The Balaban J connectivity index is 2.05. The van der Waals surface area contributed by atoms with E-state index < -0.39 is 5.97 Å². The number of aliphatic carboxylic acids is 1. The summed E-state index contributed by atoms with van der Waals surface area (Å²) in [6, 6.07) is 26.5. The maximum absolute atomic E-state index is 11.3. The zero-order valence-corrected chi connectivity index (χ0v) is 17.7. The van der Waals surface area contributed by atoms with Gasteiger partial charge in [0.05, 0.1) is 22.8 Å². The predicted octanol–water partition coefficient (Wildman–Crippen LogP) is 6.00. The minimum atomic E-state index is -0.863. The molecule has 5 heteroatoms. The summed E-state index contributed by atoms with van der Waals surface area (Å²) in [6.45, 7) is 4.13. The summed E-state index contributed by atoms with van der Waals surface area (Å²) in [5.41, 5.74) is 7.09. The molecule has 0 amide bonds. The summed E-state index contributed by atoms with van der Waals surface area (Å²) in [4.78, 5) is 16.3. The second-order valence-electron chi connectivity index (χ2n) is 7.13. The van der Waals surface area contributed by atoms with Crippen molar-refractivity contribution in [3.8, 4) is 28.2 Å². The molecule has 0 atom stereocenters. The van der Waals surface area contributed by atoms with Crippen molar-refractivity contribution in [3.05, 3.63) is 90.0 Å². The molecule has 30 heavy (non-hydrogen) atoms. The average molecular weight is 415 g/mol. The summed E-state index contributed by atoms with van der Waals surface area (Å²) in [5, 5.41) is 9.96. The van der Waals surface area contributed by atoms with Gasteiger partial charge in [0.1, 0.15) is 0 Å². The number of carboxylic acids is 1. The molecular weight excluding hydrogens is 392 g/mol. The molecule has 1 heterocycles. The Bertz CT molecular complexity index is 1180. The van der Waals surface area contributed by atoms with Gasteiger partial charge in [-0.25, -0.2) is 4.98 Å². The molecule has 4 aromatic rings. The first kappa shape index (κ1) is 20.0. The van der Waals surface area contributed by atoms with Crippen molar-refractivity contribution in [2.75, 3.05) is 5.75 Å². The van der Waals surface area contributed by atoms with E-state index in [0.29, 0.717) is 5.16 Å². The van der Waals surface area contributed by atoms with Crippen molar-refractivity contribution in [2.24, 2.45) is 0 Å². The molecular formula is C25H22N2O2S. The number of nitrogens with zero attached hydrogens (tertiary/aromatic N) is 2. The Kier molecular flexibility index (Phi) is 5.72. The van der Waals surface area contributed by atoms with Crippen LogP contribution in [0.3, 0.4) is 0 Å². The fourth-order valence-electron chi connectivity index (χ4n) is 3.47. The third-order valence-corrected chi connectivity index (χ3v) is 5.79. The van der Waals surface area contributed by atoms with E-state index in [2.05, 4.69) is 48.7 Å². The summed E-state index contributed by atoms with van der Waals surface area (Å²) in [6.07, 6.45) is 0. The number of carbonyl (C=O) groups is 1. The Morgan fingerprint density at radius 3 is 2.20 bits per heavy atom. The van der Waals surface area contributed by atoms with Gasteiger partial charge in [0, 0.05) is 11.1 Å². The molecule has 4 nitrogen and oxygen atoms in total. The van der Waals surface area contributed by atoms with Crippen LogP contribution >= 0.6 is 11.8 Å². The lowest BCUT2D eigenvalue weighted by atomic mass is 10.0. The fraction of sp³-hybridized carbons (Fsp3) is 0.120. The second-order valence-corrected chi connectivity index (χ2v) is 8.07. The largest absolute Gasteiger partial charge is 0.481 e. The smallest absolute Gasteiger partial charge is 0.313 e. The second kappa shape index (κ2) is 8.59. The number of hydrogen-bond acceptors (Lipinski definition) is 3. The lowest BCUT2D eigenvalue weighted by Gasteiger charge is -2.16. The van der Waals surface area contributed by atoms with Crippen molar-refractivity contribution in [3.63, 3.8) is 0 Å². The molecule has 1 N–H and O–H groups in total. The molecule has 3 aromatic carbocycles. The van der Waals surface area contributed by atoms with Crippen LogP contribution in [-0.2, 0) is 4.79 Å². The van der Waals surface area contributed by atoms with E-state index in [0.717, 1.165) is 39.3 Å². The summed E-state index contributed by atoms with van der Waals surface area (Å²) in [5.74, 6) is -0.914. The standard InChI is InChI=1S/C25H22N2O2S/c1-17-13-14-18(2)21(15-17)27-24(20-11-7-4-8-12-20)23(19-9-5-3-6-10-19)26-25(27)30-16-22(28)29/h3-15H,16H2,1-2H3,(H,28,29). The Morgan fingerprint density at radius 2 is 1.57 bits per heavy atom. The fourth-order valence-corrected chi connectivity index (χ4v) is 4.19. The molecule has 0 radical (unpaired) electrons. The summed E-state index contributed by atoms with van der Waals surface area (Å²) < 4.78 is 2.10. The maximum atomic E-state index is 11.3. The number of benzene rings is 3. The minimum absolute atomic E-state index is 0.0513. The number of rotatable bonds is 6. The van der Waals surface area contributed by atoms with E-state index in [1.807, 2.05) is 48.5 Å². The van der Waals surface area contributed by atoms with Gasteiger partial charge in [-0.2, -0.15) is 0 Å². The van der Waals surface area contributed by atoms with Gasteiger partial charge in [0.25, 0.3) is 0 Å². The molecule has 0 saturated carbocycles.